The van der Waals surface area contributed by atoms with Gasteiger partial charge in [0.15, 0.2) is 0 Å². The van der Waals surface area contributed by atoms with Gasteiger partial charge in [-0.25, -0.2) is 4.39 Å². The number of hydrogen-bond acceptors (Lipinski definition) is 4. The van der Waals surface area contributed by atoms with Crippen molar-refractivity contribution in [3.8, 4) is 0 Å². The van der Waals surface area contributed by atoms with Crippen molar-refractivity contribution in [3.63, 3.8) is 0 Å². The maximum Gasteiger partial charge on any atom is 0.124 e. The summed E-state index contributed by atoms with van der Waals surface area (Å²) >= 11 is 0. The molecule has 0 atom stereocenters. The number of anilines is 1. The molecule has 0 spiro atoms. The Balaban J connectivity index is 1.54. The Morgan fingerprint density at radius 3 is 2.56 bits per heavy atom. The van der Waals surface area contributed by atoms with E-state index in [4.69, 9.17) is 0 Å². The number of pyridine rings is 1. The van der Waals surface area contributed by atoms with Crippen molar-refractivity contribution >= 4 is 16.6 Å². The first-order valence-electron chi connectivity index (χ1n) is 10.3. The minimum Gasteiger partial charge on any atom is -0.371 e. The van der Waals surface area contributed by atoms with Crippen LogP contribution in [0.3, 0.4) is 0 Å². The lowest BCUT2D eigenvalue weighted by Crippen LogP contribution is -2.40. The lowest BCUT2D eigenvalue weighted by Gasteiger charge is -2.36. The molecule has 0 aliphatic carbocycles. The molecule has 1 aromatic heterocycles. The summed E-state index contributed by atoms with van der Waals surface area (Å²) in [5, 5.41) is 0.923. The summed E-state index contributed by atoms with van der Waals surface area (Å²) in [6.07, 6.45) is 4.21. The number of fused-ring (bicyclic) bond motifs is 1. The average molecular weight is 373 g/mol. The highest BCUT2D eigenvalue weighted by molar-refractivity contribution is 5.91. The van der Waals surface area contributed by atoms with Crippen LogP contribution in [0, 0.1) is 11.7 Å². The molecule has 4 nitrogen and oxygen atoms in total. The number of benzene rings is 1. The number of piperidine rings is 1. The molecule has 2 heterocycles. The number of rotatable bonds is 8. The number of hydrogen-bond donors (Lipinski definition) is 0. The van der Waals surface area contributed by atoms with Crippen molar-refractivity contribution in [2.45, 2.75) is 26.7 Å². The van der Waals surface area contributed by atoms with E-state index in [2.05, 4.69) is 40.6 Å². The fourth-order valence-electron chi connectivity index (χ4n) is 4.12. The third-order valence-electron chi connectivity index (χ3n) is 5.90. The normalized spacial score (nSPS) is 16.0. The highest BCUT2D eigenvalue weighted by Crippen LogP contribution is 2.30. The van der Waals surface area contributed by atoms with Crippen molar-refractivity contribution < 1.29 is 4.39 Å². The zero-order chi connectivity index (χ0) is 19.2. The fraction of sp³-hybridized carbons (Fsp3) is 0.591. The summed E-state index contributed by atoms with van der Waals surface area (Å²) in [4.78, 5) is 11.7. The van der Waals surface area contributed by atoms with E-state index < -0.39 is 0 Å². The van der Waals surface area contributed by atoms with Gasteiger partial charge >= 0.3 is 0 Å². The molecule has 1 fully saturated rings. The van der Waals surface area contributed by atoms with Gasteiger partial charge in [0.1, 0.15) is 5.82 Å². The summed E-state index contributed by atoms with van der Waals surface area (Å²) in [5.41, 5.74) is 1.99. The first-order chi connectivity index (χ1) is 13.1. The molecule has 1 aromatic carbocycles. The standard InChI is InChI=1S/C22H33FN4/c1-4-26(5-2)15-14-25(3)17-18-9-12-27(13-10-18)22-8-11-24-21-7-6-19(23)16-20(21)22/h6-8,11,16,18H,4-5,9-10,12-15,17H2,1-3H3. The highest BCUT2D eigenvalue weighted by atomic mass is 19.1. The van der Waals surface area contributed by atoms with Crippen LogP contribution in [0.5, 0.6) is 0 Å². The molecule has 0 N–H and O–H groups in total. The lowest BCUT2D eigenvalue weighted by molar-refractivity contribution is 0.207. The van der Waals surface area contributed by atoms with Crippen molar-refractivity contribution in [2.75, 3.05) is 57.8 Å². The minimum absolute atomic E-state index is 0.193. The van der Waals surface area contributed by atoms with Gasteiger partial charge in [-0.2, -0.15) is 0 Å². The molecule has 0 unspecified atom stereocenters. The van der Waals surface area contributed by atoms with E-state index in [0.29, 0.717) is 0 Å². The van der Waals surface area contributed by atoms with Gasteiger partial charge in [0.2, 0.25) is 0 Å². The molecule has 3 rings (SSSR count). The van der Waals surface area contributed by atoms with E-state index in [1.54, 1.807) is 12.1 Å². The second kappa shape index (κ2) is 9.47. The van der Waals surface area contributed by atoms with E-state index in [0.717, 1.165) is 61.8 Å². The van der Waals surface area contributed by atoms with E-state index in [-0.39, 0.29) is 5.82 Å². The molecular formula is C22H33FN4. The Hall–Kier alpha value is -1.72. The Bertz CT molecular complexity index is 723. The Morgan fingerprint density at radius 2 is 1.85 bits per heavy atom. The molecule has 1 saturated heterocycles. The van der Waals surface area contributed by atoms with Gasteiger partial charge in [-0.3, -0.25) is 4.98 Å². The number of aromatic nitrogens is 1. The van der Waals surface area contributed by atoms with Gasteiger partial charge in [0, 0.05) is 50.0 Å². The van der Waals surface area contributed by atoms with E-state index in [1.807, 2.05) is 12.3 Å². The van der Waals surface area contributed by atoms with Crippen LogP contribution < -0.4 is 4.90 Å². The van der Waals surface area contributed by atoms with Crippen LogP contribution in [0.25, 0.3) is 10.9 Å². The third-order valence-corrected chi connectivity index (χ3v) is 5.90. The summed E-state index contributed by atoms with van der Waals surface area (Å²) in [7, 11) is 2.25. The van der Waals surface area contributed by atoms with Crippen molar-refractivity contribution in [1.82, 2.24) is 14.8 Å². The molecule has 0 radical (unpaired) electrons. The van der Waals surface area contributed by atoms with Crippen LogP contribution >= 0.6 is 0 Å². The molecule has 1 aliphatic rings. The molecular weight excluding hydrogens is 339 g/mol. The Kier molecular flexibility index (Phi) is 7.02. The quantitative estimate of drug-likeness (QED) is 0.702. The summed E-state index contributed by atoms with van der Waals surface area (Å²) in [6, 6.07) is 6.90. The third kappa shape index (κ3) is 5.17. The van der Waals surface area contributed by atoms with Gasteiger partial charge in [0.25, 0.3) is 0 Å². The van der Waals surface area contributed by atoms with Gasteiger partial charge < -0.3 is 14.7 Å². The smallest absolute Gasteiger partial charge is 0.124 e. The first-order valence-corrected chi connectivity index (χ1v) is 10.3. The van der Waals surface area contributed by atoms with Crippen LogP contribution in [0.2, 0.25) is 0 Å². The molecule has 0 amide bonds. The zero-order valence-corrected chi connectivity index (χ0v) is 17.0. The molecule has 148 valence electrons. The number of nitrogens with zero attached hydrogens (tertiary/aromatic N) is 4. The largest absolute Gasteiger partial charge is 0.371 e. The van der Waals surface area contributed by atoms with Crippen molar-refractivity contribution in [1.29, 1.82) is 0 Å². The Labute approximate surface area is 163 Å². The minimum atomic E-state index is -0.193. The number of likely N-dealkylation sites (N-methyl/N-ethyl adjacent to an activating group) is 2. The van der Waals surface area contributed by atoms with Crippen LogP contribution in [-0.4, -0.2) is 67.6 Å². The second-order valence-electron chi connectivity index (χ2n) is 7.71. The zero-order valence-electron chi connectivity index (χ0n) is 17.0. The maximum absolute atomic E-state index is 13.7. The summed E-state index contributed by atoms with van der Waals surface area (Å²) in [6.45, 7) is 12.2. The van der Waals surface area contributed by atoms with Crippen molar-refractivity contribution in [3.05, 3.63) is 36.3 Å². The molecule has 0 bridgehead atoms. The van der Waals surface area contributed by atoms with Crippen LogP contribution in [-0.2, 0) is 0 Å². The van der Waals surface area contributed by atoms with E-state index in [9.17, 15) is 4.39 Å². The monoisotopic (exact) mass is 372 g/mol. The van der Waals surface area contributed by atoms with Crippen LogP contribution in [0.15, 0.2) is 30.5 Å². The van der Waals surface area contributed by atoms with Crippen LogP contribution in [0.4, 0.5) is 10.1 Å². The SMILES string of the molecule is CCN(CC)CCN(C)CC1CCN(c2ccnc3ccc(F)cc23)CC1. The summed E-state index contributed by atoms with van der Waals surface area (Å²) < 4.78 is 13.7. The average Bonchev–Trinajstić information content (AvgIpc) is 2.69. The predicted molar refractivity (Wildman–Crippen MR) is 112 cm³/mol. The van der Waals surface area contributed by atoms with Gasteiger partial charge in [-0.15, -0.1) is 0 Å². The molecule has 0 saturated carbocycles. The topological polar surface area (TPSA) is 22.6 Å². The maximum atomic E-state index is 13.7. The lowest BCUT2D eigenvalue weighted by atomic mass is 9.95. The van der Waals surface area contributed by atoms with E-state index in [1.165, 1.54) is 25.5 Å². The van der Waals surface area contributed by atoms with E-state index >= 15 is 0 Å². The molecule has 27 heavy (non-hydrogen) atoms. The molecule has 1 aliphatic heterocycles. The second-order valence-corrected chi connectivity index (χ2v) is 7.71. The number of halogens is 1. The van der Waals surface area contributed by atoms with Gasteiger partial charge in [-0.05, 0) is 63.2 Å². The fourth-order valence-corrected chi connectivity index (χ4v) is 4.12. The van der Waals surface area contributed by atoms with Crippen LogP contribution in [0.1, 0.15) is 26.7 Å². The Morgan fingerprint density at radius 1 is 1.11 bits per heavy atom. The molecule has 5 heteroatoms. The summed E-state index contributed by atoms with van der Waals surface area (Å²) in [5.74, 6) is 0.550. The predicted octanol–water partition coefficient (Wildman–Crippen LogP) is 3.86. The van der Waals surface area contributed by atoms with Crippen molar-refractivity contribution in [2.24, 2.45) is 5.92 Å². The first kappa shape index (κ1) is 20.0. The molecule has 2 aromatic rings. The van der Waals surface area contributed by atoms with Gasteiger partial charge in [-0.1, -0.05) is 13.8 Å². The highest BCUT2D eigenvalue weighted by Gasteiger charge is 2.22. The van der Waals surface area contributed by atoms with Gasteiger partial charge in [0.05, 0.1) is 5.52 Å².